The Morgan fingerprint density at radius 3 is 2.50 bits per heavy atom. The smallest absolute Gasteiger partial charge is 0.326 e. The average Bonchev–Trinajstić information content (AvgIpc) is 2.67. The molecular formula is C20H20N2O3S. The van der Waals surface area contributed by atoms with Crippen LogP contribution in [0.4, 0.5) is 5.69 Å². The molecule has 1 aliphatic rings. The van der Waals surface area contributed by atoms with Crippen molar-refractivity contribution in [2.45, 2.75) is 18.9 Å². The molecule has 26 heavy (non-hydrogen) atoms. The number of benzene rings is 2. The van der Waals surface area contributed by atoms with Crippen LogP contribution in [0.15, 0.2) is 66.5 Å². The summed E-state index contributed by atoms with van der Waals surface area (Å²) in [5, 5.41) is 12.5. The predicted octanol–water partition coefficient (Wildman–Crippen LogP) is 3.09. The molecule has 0 saturated carbocycles. The number of anilines is 1. The van der Waals surface area contributed by atoms with Crippen LogP contribution in [0, 0.1) is 0 Å². The lowest BCUT2D eigenvalue weighted by molar-refractivity contribution is -0.139. The van der Waals surface area contributed by atoms with Gasteiger partial charge in [-0.3, -0.25) is 9.69 Å². The maximum atomic E-state index is 13.2. The van der Waals surface area contributed by atoms with Crippen LogP contribution in [0.25, 0.3) is 0 Å². The molecule has 0 unspecified atom stereocenters. The predicted molar refractivity (Wildman–Crippen MR) is 105 cm³/mol. The Morgan fingerprint density at radius 1 is 1.12 bits per heavy atom. The van der Waals surface area contributed by atoms with Crippen molar-refractivity contribution in [3.63, 3.8) is 0 Å². The van der Waals surface area contributed by atoms with Crippen molar-refractivity contribution < 1.29 is 14.7 Å². The fourth-order valence-electron chi connectivity index (χ4n) is 2.95. The van der Waals surface area contributed by atoms with Gasteiger partial charge in [-0.25, -0.2) is 4.79 Å². The van der Waals surface area contributed by atoms with Crippen LogP contribution in [0.3, 0.4) is 0 Å². The molecule has 2 aromatic carbocycles. The topological polar surface area (TPSA) is 69.6 Å². The molecular weight excluding hydrogens is 348 g/mol. The van der Waals surface area contributed by atoms with Gasteiger partial charge in [-0.1, -0.05) is 36.4 Å². The van der Waals surface area contributed by atoms with E-state index in [0.717, 1.165) is 11.3 Å². The summed E-state index contributed by atoms with van der Waals surface area (Å²) in [6, 6.07) is 15.8. The lowest BCUT2D eigenvalue weighted by atomic mass is 10.0. The van der Waals surface area contributed by atoms with Crippen molar-refractivity contribution >= 4 is 30.2 Å². The maximum absolute atomic E-state index is 13.2. The first kappa shape index (κ1) is 18.1. The van der Waals surface area contributed by atoms with Gasteiger partial charge in [-0.05, 0) is 48.4 Å². The van der Waals surface area contributed by atoms with Gasteiger partial charge < -0.3 is 10.4 Å². The van der Waals surface area contributed by atoms with E-state index < -0.39 is 12.0 Å². The van der Waals surface area contributed by atoms with E-state index in [-0.39, 0.29) is 5.91 Å². The van der Waals surface area contributed by atoms with E-state index in [1.807, 2.05) is 36.4 Å². The summed E-state index contributed by atoms with van der Waals surface area (Å²) < 4.78 is 0. The minimum Gasteiger partial charge on any atom is -0.480 e. The van der Waals surface area contributed by atoms with Crippen molar-refractivity contribution in [3.05, 3.63) is 77.6 Å². The van der Waals surface area contributed by atoms with Crippen molar-refractivity contribution in [1.82, 2.24) is 5.32 Å². The molecule has 1 heterocycles. The molecule has 1 atom stereocenters. The number of rotatable bonds is 6. The number of thiol groups is 1. The summed E-state index contributed by atoms with van der Waals surface area (Å²) in [5.41, 5.74) is 2.32. The number of carbonyl (C=O) groups excluding carboxylic acids is 1. The largest absolute Gasteiger partial charge is 0.480 e. The second-order valence-corrected chi connectivity index (χ2v) is 6.42. The fourth-order valence-corrected chi connectivity index (χ4v) is 3.20. The standard InChI is InChI=1S/C20H20N2O3S/c23-19(15-7-2-1-3-8-15)22-17-9-5-4-6-14(17)10-11-18(22)21-16(12-13-26)20(24)25/h1-9,11,16,21,26H,10,12-13H2,(H,24,25)/t16-/m0/s1. The normalized spacial score (nSPS) is 14.2. The van der Waals surface area contributed by atoms with E-state index in [4.69, 9.17) is 0 Å². The highest BCUT2D eigenvalue weighted by molar-refractivity contribution is 7.80. The quantitative estimate of drug-likeness (QED) is 0.686. The Hall–Kier alpha value is -2.73. The van der Waals surface area contributed by atoms with E-state index in [2.05, 4.69) is 17.9 Å². The third-order valence-electron chi connectivity index (χ3n) is 4.25. The molecule has 0 fully saturated rings. The molecule has 6 heteroatoms. The second kappa shape index (κ2) is 8.10. The summed E-state index contributed by atoms with van der Waals surface area (Å²) in [6.45, 7) is 0. The number of carbonyl (C=O) groups is 2. The van der Waals surface area contributed by atoms with Crippen LogP contribution < -0.4 is 10.2 Å². The Labute approximate surface area is 157 Å². The molecule has 0 bridgehead atoms. The number of carboxylic acid groups (broad SMARTS) is 1. The Balaban J connectivity index is 1.98. The first-order valence-electron chi connectivity index (χ1n) is 8.39. The van der Waals surface area contributed by atoms with Crippen LogP contribution in [-0.2, 0) is 11.2 Å². The first-order chi connectivity index (χ1) is 12.6. The molecule has 134 valence electrons. The van der Waals surface area contributed by atoms with Gasteiger partial charge in [0.1, 0.15) is 11.9 Å². The maximum Gasteiger partial charge on any atom is 0.326 e. The molecule has 1 aliphatic heterocycles. The zero-order valence-corrected chi connectivity index (χ0v) is 15.0. The minimum absolute atomic E-state index is 0.202. The first-order valence-corrected chi connectivity index (χ1v) is 9.03. The van der Waals surface area contributed by atoms with Gasteiger partial charge in [0, 0.05) is 5.56 Å². The summed E-state index contributed by atoms with van der Waals surface area (Å²) in [7, 11) is 0. The van der Waals surface area contributed by atoms with Crippen molar-refractivity contribution in [1.29, 1.82) is 0 Å². The number of carboxylic acids is 1. The van der Waals surface area contributed by atoms with Gasteiger partial charge in [-0.15, -0.1) is 0 Å². The molecule has 5 nitrogen and oxygen atoms in total. The number of allylic oxidation sites excluding steroid dienone is 1. The zero-order valence-electron chi connectivity index (χ0n) is 14.1. The van der Waals surface area contributed by atoms with Crippen molar-refractivity contribution in [2.24, 2.45) is 0 Å². The van der Waals surface area contributed by atoms with E-state index in [1.54, 1.807) is 29.2 Å². The molecule has 0 aliphatic carbocycles. The van der Waals surface area contributed by atoms with Gasteiger partial charge in [0.25, 0.3) is 5.91 Å². The number of fused-ring (bicyclic) bond motifs is 1. The summed E-state index contributed by atoms with van der Waals surface area (Å²) in [5.74, 6) is -0.246. The van der Waals surface area contributed by atoms with Gasteiger partial charge in [0.05, 0.1) is 5.69 Å². The Morgan fingerprint density at radius 2 is 1.81 bits per heavy atom. The van der Waals surface area contributed by atoms with E-state index in [9.17, 15) is 14.7 Å². The van der Waals surface area contributed by atoms with E-state index >= 15 is 0 Å². The number of hydrogen-bond acceptors (Lipinski definition) is 4. The van der Waals surface area contributed by atoms with Gasteiger partial charge in [0.2, 0.25) is 0 Å². The molecule has 0 saturated heterocycles. The van der Waals surface area contributed by atoms with Crippen LogP contribution in [-0.4, -0.2) is 28.8 Å². The van der Waals surface area contributed by atoms with Crippen LogP contribution in [0.2, 0.25) is 0 Å². The minimum atomic E-state index is -0.967. The van der Waals surface area contributed by atoms with Crippen LogP contribution >= 0.6 is 12.6 Å². The highest BCUT2D eigenvalue weighted by Crippen LogP contribution is 2.30. The third-order valence-corrected chi connectivity index (χ3v) is 4.51. The molecule has 1 amide bonds. The molecule has 0 aromatic heterocycles. The number of aliphatic carboxylic acids is 1. The monoisotopic (exact) mass is 368 g/mol. The average molecular weight is 368 g/mol. The summed E-state index contributed by atoms with van der Waals surface area (Å²) in [6.07, 6.45) is 2.84. The van der Waals surface area contributed by atoms with Gasteiger partial charge in [0.15, 0.2) is 0 Å². The molecule has 3 rings (SSSR count). The van der Waals surface area contributed by atoms with Crippen molar-refractivity contribution in [2.75, 3.05) is 10.7 Å². The van der Waals surface area contributed by atoms with Crippen LogP contribution in [0.5, 0.6) is 0 Å². The highest BCUT2D eigenvalue weighted by atomic mass is 32.1. The van der Waals surface area contributed by atoms with E-state index in [0.29, 0.717) is 30.0 Å². The SMILES string of the molecule is O=C(O)[C@H](CCS)NC1=CCc2ccccc2N1C(=O)c1ccccc1. The fraction of sp³-hybridized carbons (Fsp3) is 0.200. The van der Waals surface area contributed by atoms with Crippen molar-refractivity contribution in [3.8, 4) is 0 Å². The Kier molecular flexibility index (Phi) is 5.63. The molecule has 0 radical (unpaired) electrons. The van der Waals surface area contributed by atoms with E-state index in [1.165, 1.54) is 0 Å². The molecule has 2 aromatic rings. The summed E-state index contributed by atoms with van der Waals surface area (Å²) >= 11 is 4.13. The zero-order chi connectivity index (χ0) is 18.5. The molecule has 0 spiro atoms. The summed E-state index contributed by atoms with van der Waals surface area (Å²) in [4.78, 5) is 26.3. The highest BCUT2D eigenvalue weighted by Gasteiger charge is 2.29. The van der Waals surface area contributed by atoms with Gasteiger partial charge in [-0.2, -0.15) is 12.6 Å². The lowest BCUT2D eigenvalue weighted by Crippen LogP contribution is -2.45. The number of para-hydroxylation sites is 1. The number of amides is 1. The number of nitrogens with one attached hydrogen (secondary N) is 1. The lowest BCUT2D eigenvalue weighted by Gasteiger charge is -2.33. The number of hydrogen-bond donors (Lipinski definition) is 3. The Bertz CT molecular complexity index is 836. The molecule has 2 N–H and O–H groups in total. The third kappa shape index (κ3) is 3.75. The second-order valence-electron chi connectivity index (χ2n) is 5.98. The van der Waals surface area contributed by atoms with Gasteiger partial charge >= 0.3 is 5.97 Å². The number of nitrogens with zero attached hydrogens (tertiary/aromatic N) is 1. The van der Waals surface area contributed by atoms with Crippen LogP contribution in [0.1, 0.15) is 22.3 Å².